The van der Waals surface area contributed by atoms with Gasteiger partial charge in [-0.2, -0.15) is 0 Å². The predicted octanol–water partition coefficient (Wildman–Crippen LogP) is 0.923. The molecule has 1 aliphatic heterocycles. The molecule has 0 saturated carbocycles. The zero-order chi connectivity index (χ0) is 10.8. The van der Waals surface area contributed by atoms with Gasteiger partial charge >= 0.3 is 5.97 Å². The molecule has 1 atom stereocenters. The summed E-state index contributed by atoms with van der Waals surface area (Å²) in [6.45, 7) is 0.161. The van der Waals surface area contributed by atoms with Gasteiger partial charge in [0.25, 0.3) is 0 Å². The van der Waals surface area contributed by atoms with Crippen molar-refractivity contribution in [3.8, 4) is 11.5 Å². The lowest BCUT2D eigenvalue weighted by Crippen LogP contribution is -2.05. The number of rotatable bonds is 3. The standard InChI is InChI=1S/C10H10O5/c11-7(4-10(12)13)6-1-2-8-9(3-6)15-5-14-8/h1-3,7,11H,4-5H2,(H,12,13)/t7-/m1/s1. The average molecular weight is 210 g/mol. The predicted molar refractivity (Wildman–Crippen MR) is 49.8 cm³/mol. The first-order chi connectivity index (χ1) is 7.16. The first kappa shape index (κ1) is 9.79. The van der Waals surface area contributed by atoms with Crippen molar-refractivity contribution in [2.75, 3.05) is 6.79 Å². The van der Waals surface area contributed by atoms with Gasteiger partial charge in [-0.15, -0.1) is 0 Å². The van der Waals surface area contributed by atoms with Crippen molar-refractivity contribution < 1.29 is 24.5 Å². The molecule has 80 valence electrons. The van der Waals surface area contributed by atoms with Crippen molar-refractivity contribution in [3.05, 3.63) is 23.8 Å². The summed E-state index contributed by atoms with van der Waals surface area (Å²) in [4.78, 5) is 10.4. The first-order valence-electron chi connectivity index (χ1n) is 4.46. The lowest BCUT2D eigenvalue weighted by Gasteiger charge is -2.08. The van der Waals surface area contributed by atoms with Gasteiger partial charge in [-0.05, 0) is 17.7 Å². The van der Waals surface area contributed by atoms with E-state index in [9.17, 15) is 9.90 Å². The van der Waals surface area contributed by atoms with Crippen molar-refractivity contribution in [2.45, 2.75) is 12.5 Å². The second-order valence-electron chi connectivity index (χ2n) is 3.23. The van der Waals surface area contributed by atoms with Gasteiger partial charge in [-0.3, -0.25) is 4.79 Å². The van der Waals surface area contributed by atoms with Crippen LogP contribution in [0.5, 0.6) is 11.5 Å². The van der Waals surface area contributed by atoms with Crippen LogP contribution in [-0.4, -0.2) is 23.0 Å². The Morgan fingerprint density at radius 2 is 2.13 bits per heavy atom. The summed E-state index contributed by atoms with van der Waals surface area (Å²) < 4.78 is 10.2. The smallest absolute Gasteiger partial charge is 0.306 e. The molecule has 1 aromatic carbocycles. The number of benzene rings is 1. The van der Waals surface area contributed by atoms with Crippen LogP contribution in [0.3, 0.4) is 0 Å². The van der Waals surface area contributed by atoms with Gasteiger partial charge in [0.15, 0.2) is 11.5 Å². The van der Waals surface area contributed by atoms with Gasteiger partial charge in [0.05, 0.1) is 12.5 Å². The first-order valence-corrected chi connectivity index (χ1v) is 4.46. The Morgan fingerprint density at radius 1 is 1.40 bits per heavy atom. The van der Waals surface area contributed by atoms with E-state index in [0.29, 0.717) is 17.1 Å². The summed E-state index contributed by atoms with van der Waals surface area (Å²) in [5.74, 6) is 0.110. The number of hydrogen-bond donors (Lipinski definition) is 2. The number of aliphatic hydroxyl groups excluding tert-OH is 1. The van der Waals surface area contributed by atoms with E-state index in [2.05, 4.69) is 0 Å². The summed E-state index contributed by atoms with van der Waals surface area (Å²) in [5, 5.41) is 18.1. The largest absolute Gasteiger partial charge is 0.481 e. The Labute approximate surface area is 85.9 Å². The minimum absolute atomic E-state index is 0.161. The number of carbonyl (C=O) groups is 1. The molecule has 5 heteroatoms. The summed E-state index contributed by atoms with van der Waals surface area (Å²) in [6.07, 6.45) is -1.34. The van der Waals surface area contributed by atoms with Gasteiger partial charge in [0.2, 0.25) is 6.79 Å². The molecule has 0 bridgehead atoms. The molecule has 15 heavy (non-hydrogen) atoms. The maximum absolute atomic E-state index is 10.4. The minimum Gasteiger partial charge on any atom is -0.481 e. The maximum atomic E-state index is 10.4. The molecule has 0 aliphatic carbocycles. The molecule has 0 unspecified atom stereocenters. The Balaban J connectivity index is 2.19. The Bertz CT molecular complexity index is 387. The van der Waals surface area contributed by atoms with E-state index < -0.39 is 12.1 Å². The lowest BCUT2D eigenvalue weighted by atomic mass is 10.1. The van der Waals surface area contributed by atoms with Crippen molar-refractivity contribution >= 4 is 5.97 Å². The van der Waals surface area contributed by atoms with E-state index in [4.69, 9.17) is 14.6 Å². The highest BCUT2D eigenvalue weighted by molar-refractivity contribution is 5.67. The van der Waals surface area contributed by atoms with Crippen LogP contribution in [-0.2, 0) is 4.79 Å². The third-order valence-corrected chi connectivity index (χ3v) is 2.15. The molecule has 0 radical (unpaired) electrons. The monoisotopic (exact) mass is 210 g/mol. The van der Waals surface area contributed by atoms with Crippen LogP contribution >= 0.6 is 0 Å². The number of aliphatic hydroxyl groups is 1. The number of carboxylic acids is 1. The second kappa shape index (κ2) is 3.78. The zero-order valence-electron chi connectivity index (χ0n) is 7.84. The molecule has 1 aliphatic rings. The van der Waals surface area contributed by atoms with Gasteiger partial charge in [-0.1, -0.05) is 6.07 Å². The van der Waals surface area contributed by atoms with Gasteiger partial charge in [0, 0.05) is 0 Å². The Hall–Kier alpha value is -1.75. The molecule has 0 spiro atoms. The lowest BCUT2D eigenvalue weighted by molar-refractivity contribution is -0.139. The second-order valence-corrected chi connectivity index (χ2v) is 3.23. The molecular formula is C10H10O5. The average Bonchev–Trinajstić information content (AvgIpc) is 2.62. The number of ether oxygens (including phenoxy) is 2. The van der Waals surface area contributed by atoms with E-state index in [1.54, 1.807) is 18.2 Å². The molecule has 1 heterocycles. The van der Waals surface area contributed by atoms with E-state index in [0.717, 1.165) is 0 Å². The SMILES string of the molecule is O=C(O)C[C@@H](O)c1ccc2c(c1)OCO2. The van der Waals surface area contributed by atoms with Crippen LogP contribution in [0.2, 0.25) is 0 Å². The van der Waals surface area contributed by atoms with Gasteiger partial charge in [0.1, 0.15) is 0 Å². The Kier molecular flexibility index (Phi) is 2.47. The third-order valence-electron chi connectivity index (χ3n) is 2.15. The molecule has 2 rings (SSSR count). The summed E-state index contributed by atoms with van der Waals surface area (Å²) in [5.41, 5.74) is 0.515. The van der Waals surface area contributed by atoms with Crippen LogP contribution in [0.15, 0.2) is 18.2 Å². The number of carboxylic acid groups (broad SMARTS) is 1. The molecule has 2 N–H and O–H groups in total. The molecule has 0 aromatic heterocycles. The maximum Gasteiger partial charge on any atom is 0.306 e. The van der Waals surface area contributed by atoms with Crippen LogP contribution in [0.1, 0.15) is 18.1 Å². The highest BCUT2D eigenvalue weighted by Crippen LogP contribution is 2.34. The van der Waals surface area contributed by atoms with E-state index in [-0.39, 0.29) is 13.2 Å². The van der Waals surface area contributed by atoms with E-state index in [1.165, 1.54) is 0 Å². The van der Waals surface area contributed by atoms with Crippen molar-refractivity contribution in [2.24, 2.45) is 0 Å². The fourth-order valence-electron chi connectivity index (χ4n) is 1.40. The fourth-order valence-corrected chi connectivity index (χ4v) is 1.40. The minimum atomic E-state index is -1.04. The van der Waals surface area contributed by atoms with Crippen molar-refractivity contribution in [1.82, 2.24) is 0 Å². The van der Waals surface area contributed by atoms with E-state index >= 15 is 0 Å². The molecule has 0 fully saturated rings. The van der Waals surface area contributed by atoms with Crippen LogP contribution in [0.4, 0.5) is 0 Å². The molecule has 1 aromatic rings. The summed E-state index contributed by atoms with van der Waals surface area (Å²) in [6, 6.07) is 4.87. The topological polar surface area (TPSA) is 76.0 Å². The number of aliphatic carboxylic acids is 1. The molecule has 0 amide bonds. The number of hydrogen-bond acceptors (Lipinski definition) is 4. The normalized spacial score (nSPS) is 15.0. The summed E-state index contributed by atoms with van der Waals surface area (Å²) >= 11 is 0. The van der Waals surface area contributed by atoms with Gasteiger partial charge in [-0.25, -0.2) is 0 Å². The quantitative estimate of drug-likeness (QED) is 0.775. The van der Waals surface area contributed by atoms with Crippen LogP contribution in [0.25, 0.3) is 0 Å². The fraction of sp³-hybridized carbons (Fsp3) is 0.300. The Morgan fingerprint density at radius 3 is 2.87 bits per heavy atom. The highest BCUT2D eigenvalue weighted by Gasteiger charge is 2.17. The van der Waals surface area contributed by atoms with Gasteiger partial charge < -0.3 is 19.7 Å². The number of fused-ring (bicyclic) bond motifs is 1. The van der Waals surface area contributed by atoms with Crippen molar-refractivity contribution in [1.29, 1.82) is 0 Å². The van der Waals surface area contributed by atoms with Crippen LogP contribution < -0.4 is 9.47 Å². The zero-order valence-corrected chi connectivity index (χ0v) is 7.84. The molecular weight excluding hydrogens is 200 g/mol. The highest BCUT2D eigenvalue weighted by atomic mass is 16.7. The summed E-state index contributed by atoms with van der Waals surface area (Å²) in [7, 11) is 0. The molecule has 5 nitrogen and oxygen atoms in total. The molecule has 0 saturated heterocycles. The van der Waals surface area contributed by atoms with Crippen molar-refractivity contribution in [3.63, 3.8) is 0 Å². The van der Waals surface area contributed by atoms with E-state index in [1.807, 2.05) is 0 Å². The third kappa shape index (κ3) is 2.02. The van der Waals surface area contributed by atoms with Crippen LogP contribution in [0, 0.1) is 0 Å².